The van der Waals surface area contributed by atoms with Crippen molar-refractivity contribution in [2.24, 2.45) is 7.05 Å². The van der Waals surface area contributed by atoms with Crippen LogP contribution in [-0.4, -0.2) is 40.2 Å². The van der Waals surface area contributed by atoms with E-state index < -0.39 is 15.6 Å². The first kappa shape index (κ1) is 20.8. The molecule has 3 heterocycles. The Morgan fingerprint density at radius 1 is 1.12 bits per heavy atom. The standard InChI is InChI=1S/C24H18N2O6S/c1-26-12-14(9-20-23(29)22-18(28)10-15(27)11-19(22)32-20)21-17(6-7-25-24(21)26)13-4-3-5-16(8-13)33(2,30)31/h3-12,27-28H,1-2H3. The zero-order valence-electron chi connectivity index (χ0n) is 17.6. The van der Waals surface area contributed by atoms with E-state index in [4.69, 9.17) is 4.74 Å². The number of aromatic nitrogens is 2. The normalized spacial score (nSPS) is 14.6. The van der Waals surface area contributed by atoms with Gasteiger partial charge in [-0.3, -0.25) is 4.79 Å². The maximum atomic E-state index is 12.9. The second kappa shape index (κ2) is 7.21. The Bertz CT molecular complexity index is 1620. The molecule has 0 amide bonds. The lowest BCUT2D eigenvalue weighted by atomic mass is 10.0. The van der Waals surface area contributed by atoms with Crippen LogP contribution in [0.25, 0.3) is 28.2 Å². The summed E-state index contributed by atoms with van der Waals surface area (Å²) in [5.74, 6) is -1.04. The summed E-state index contributed by atoms with van der Waals surface area (Å²) in [4.78, 5) is 17.5. The first-order chi connectivity index (χ1) is 15.6. The van der Waals surface area contributed by atoms with Crippen molar-refractivity contribution in [2.45, 2.75) is 4.90 Å². The quantitative estimate of drug-likeness (QED) is 0.446. The predicted molar refractivity (Wildman–Crippen MR) is 122 cm³/mol. The van der Waals surface area contributed by atoms with Gasteiger partial charge in [0, 0.05) is 48.8 Å². The minimum Gasteiger partial charge on any atom is -0.508 e. The molecule has 5 rings (SSSR count). The van der Waals surface area contributed by atoms with Gasteiger partial charge in [0.1, 0.15) is 28.5 Å². The molecule has 0 unspecified atom stereocenters. The van der Waals surface area contributed by atoms with Crippen LogP contribution in [0.2, 0.25) is 0 Å². The number of ether oxygens (including phenoxy) is 1. The molecule has 0 radical (unpaired) electrons. The molecule has 0 spiro atoms. The molecule has 166 valence electrons. The van der Waals surface area contributed by atoms with Gasteiger partial charge in [-0.1, -0.05) is 12.1 Å². The zero-order chi connectivity index (χ0) is 23.5. The van der Waals surface area contributed by atoms with E-state index in [1.807, 2.05) is 7.05 Å². The number of phenols is 2. The molecule has 1 aliphatic heterocycles. The molecule has 33 heavy (non-hydrogen) atoms. The van der Waals surface area contributed by atoms with E-state index in [1.54, 1.807) is 47.3 Å². The fourth-order valence-corrected chi connectivity index (χ4v) is 4.67. The molecule has 2 N–H and O–H groups in total. The van der Waals surface area contributed by atoms with E-state index >= 15 is 0 Å². The van der Waals surface area contributed by atoms with Crippen LogP contribution in [0.4, 0.5) is 0 Å². The maximum absolute atomic E-state index is 12.9. The minimum absolute atomic E-state index is 0.0153. The number of hydrogen-bond acceptors (Lipinski definition) is 7. The lowest BCUT2D eigenvalue weighted by Gasteiger charge is -2.07. The van der Waals surface area contributed by atoms with Crippen molar-refractivity contribution >= 4 is 32.7 Å². The summed E-state index contributed by atoms with van der Waals surface area (Å²) in [5, 5.41) is 20.5. The summed E-state index contributed by atoms with van der Waals surface area (Å²) in [7, 11) is -1.59. The number of Topliss-reactive ketones (excluding diaryl/α,β-unsaturated/α-hetero) is 1. The largest absolute Gasteiger partial charge is 0.508 e. The van der Waals surface area contributed by atoms with E-state index in [2.05, 4.69) is 4.98 Å². The highest BCUT2D eigenvalue weighted by molar-refractivity contribution is 7.90. The molecule has 0 atom stereocenters. The monoisotopic (exact) mass is 462 g/mol. The first-order valence-corrected chi connectivity index (χ1v) is 11.8. The molecule has 0 aliphatic carbocycles. The summed E-state index contributed by atoms with van der Waals surface area (Å²) >= 11 is 0. The van der Waals surface area contributed by atoms with E-state index in [9.17, 15) is 23.4 Å². The summed E-state index contributed by atoms with van der Waals surface area (Å²) in [6, 6.07) is 10.7. The summed E-state index contributed by atoms with van der Waals surface area (Å²) in [6.07, 6.45) is 6.12. The molecule has 4 aromatic rings. The number of aryl methyl sites for hydroxylation is 1. The zero-order valence-corrected chi connectivity index (χ0v) is 18.4. The smallest absolute Gasteiger partial charge is 0.235 e. The van der Waals surface area contributed by atoms with Crippen molar-refractivity contribution in [1.82, 2.24) is 9.55 Å². The number of fused-ring (bicyclic) bond motifs is 2. The van der Waals surface area contributed by atoms with Crippen molar-refractivity contribution in [3.63, 3.8) is 0 Å². The minimum atomic E-state index is -3.40. The van der Waals surface area contributed by atoms with Crippen LogP contribution in [0.5, 0.6) is 17.2 Å². The Labute approximate surface area is 188 Å². The molecule has 2 aromatic heterocycles. The number of phenolic OH excluding ortho intramolecular Hbond substituents is 2. The average Bonchev–Trinajstić information content (AvgIpc) is 3.24. The maximum Gasteiger partial charge on any atom is 0.235 e. The Morgan fingerprint density at radius 2 is 1.91 bits per heavy atom. The van der Waals surface area contributed by atoms with E-state index in [1.165, 1.54) is 12.1 Å². The SMILES string of the molecule is Cn1cc(C=C2Oc3cc(O)cc(O)c3C2=O)c2c(-c3cccc(S(C)(=O)=O)c3)ccnc21. The molecular weight excluding hydrogens is 444 g/mol. The Kier molecular flexibility index (Phi) is 4.54. The molecule has 9 heteroatoms. The summed E-state index contributed by atoms with van der Waals surface area (Å²) < 4.78 is 31.5. The number of ketones is 1. The average molecular weight is 462 g/mol. The third-order valence-corrected chi connectivity index (χ3v) is 6.59. The highest BCUT2D eigenvalue weighted by Gasteiger charge is 2.31. The molecule has 0 bridgehead atoms. The van der Waals surface area contributed by atoms with Crippen LogP contribution in [0.3, 0.4) is 0 Å². The third-order valence-electron chi connectivity index (χ3n) is 5.48. The lowest BCUT2D eigenvalue weighted by Crippen LogP contribution is -1.98. The number of carbonyl (C=O) groups excluding carboxylic acids is 1. The van der Waals surface area contributed by atoms with Crippen LogP contribution < -0.4 is 4.74 Å². The number of allylic oxidation sites excluding steroid dienone is 1. The highest BCUT2D eigenvalue weighted by atomic mass is 32.2. The summed E-state index contributed by atoms with van der Waals surface area (Å²) in [6.45, 7) is 0. The second-order valence-corrected chi connectivity index (χ2v) is 9.85. The van der Waals surface area contributed by atoms with Crippen molar-refractivity contribution < 1.29 is 28.2 Å². The van der Waals surface area contributed by atoms with Gasteiger partial charge in [0.15, 0.2) is 15.6 Å². The predicted octanol–water partition coefficient (Wildman–Crippen LogP) is 3.67. The van der Waals surface area contributed by atoms with Gasteiger partial charge in [0.05, 0.1) is 4.90 Å². The van der Waals surface area contributed by atoms with Crippen LogP contribution in [-0.2, 0) is 16.9 Å². The van der Waals surface area contributed by atoms with Crippen LogP contribution >= 0.6 is 0 Å². The Hall–Kier alpha value is -4.11. The van der Waals surface area contributed by atoms with E-state index in [0.717, 1.165) is 17.9 Å². The second-order valence-electron chi connectivity index (χ2n) is 7.83. The molecular formula is C24H18N2O6S. The highest BCUT2D eigenvalue weighted by Crippen LogP contribution is 2.41. The topological polar surface area (TPSA) is 119 Å². The van der Waals surface area contributed by atoms with Gasteiger partial charge in [0.2, 0.25) is 5.78 Å². The Morgan fingerprint density at radius 3 is 2.67 bits per heavy atom. The van der Waals surface area contributed by atoms with Crippen molar-refractivity contribution in [3.05, 3.63) is 71.7 Å². The fraction of sp³-hybridized carbons (Fsp3) is 0.0833. The Balaban J connectivity index is 1.69. The molecule has 0 saturated carbocycles. The molecule has 1 aliphatic rings. The third kappa shape index (κ3) is 3.42. The van der Waals surface area contributed by atoms with Crippen molar-refractivity contribution in [2.75, 3.05) is 6.26 Å². The van der Waals surface area contributed by atoms with Gasteiger partial charge in [-0.05, 0) is 35.4 Å². The lowest BCUT2D eigenvalue weighted by molar-refractivity contribution is 0.101. The van der Waals surface area contributed by atoms with Crippen LogP contribution in [0, 0.1) is 0 Å². The first-order valence-electron chi connectivity index (χ1n) is 9.88. The fourth-order valence-electron chi connectivity index (χ4n) is 4.00. The van der Waals surface area contributed by atoms with E-state index in [0.29, 0.717) is 22.2 Å². The van der Waals surface area contributed by atoms with Crippen molar-refractivity contribution in [3.8, 4) is 28.4 Å². The van der Waals surface area contributed by atoms with Gasteiger partial charge in [-0.15, -0.1) is 0 Å². The van der Waals surface area contributed by atoms with Crippen LogP contribution in [0.15, 0.2) is 65.5 Å². The van der Waals surface area contributed by atoms with Gasteiger partial charge >= 0.3 is 0 Å². The van der Waals surface area contributed by atoms with Gasteiger partial charge < -0.3 is 19.5 Å². The number of nitrogens with zero attached hydrogens (tertiary/aromatic N) is 2. The summed E-state index contributed by atoms with van der Waals surface area (Å²) in [5.41, 5.74) is 2.66. The number of benzene rings is 2. The number of rotatable bonds is 3. The molecule has 0 fully saturated rings. The number of sulfone groups is 1. The van der Waals surface area contributed by atoms with Gasteiger partial charge in [-0.25, -0.2) is 13.4 Å². The van der Waals surface area contributed by atoms with E-state index in [-0.39, 0.29) is 33.5 Å². The number of pyridine rings is 1. The van der Waals surface area contributed by atoms with Gasteiger partial charge in [0.25, 0.3) is 0 Å². The molecule has 0 saturated heterocycles. The number of hydrogen-bond donors (Lipinski definition) is 2. The molecule has 8 nitrogen and oxygen atoms in total. The van der Waals surface area contributed by atoms with Crippen LogP contribution in [0.1, 0.15) is 15.9 Å². The number of carbonyl (C=O) groups is 1. The molecule has 2 aromatic carbocycles. The van der Waals surface area contributed by atoms with Crippen molar-refractivity contribution in [1.29, 1.82) is 0 Å². The van der Waals surface area contributed by atoms with Gasteiger partial charge in [-0.2, -0.15) is 0 Å². The number of aromatic hydroxyl groups is 2.